The van der Waals surface area contributed by atoms with Gasteiger partial charge in [-0.1, -0.05) is 29.8 Å². The number of aryl methyl sites for hydroxylation is 1. The van der Waals surface area contributed by atoms with Crippen LogP contribution in [0.15, 0.2) is 47.4 Å². The van der Waals surface area contributed by atoms with Gasteiger partial charge in [-0.05, 0) is 67.5 Å². The zero-order chi connectivity index (χ0) is 20.4. The molecule has 0 N–H and O–H groups in total. The molecular weight excluding hydrogens is 408 g/mol. The maximum Gasteiger partial charge on any atom is 0.253 e. The Hall–Kier alpha value is -1.89. The first-order chi connectivity index (χ1) is 13.8. The van der Waals surface area contributed by atoms with E-state index in [0.29, 0.717) is 47.5 Å². The van der Waals surface area contributed by atoms with Crippen molar-refractivity contribution in [2.45, 2.75) is 36.6 Å². The van der Waals surface area contributed by atoms with Gasteiger partial charge in [0, 0.05) is 30.2 Å². The molecule has 7 heteroatoms. The van der Waals surface area contributed by atoms with Crippen molar-refractivity contribution in [3.05, 3.63) is 64.2 Å². The third-order valence-electron chi connectivity index (χ3n) is 6.49. The number of rotatable bonds is 3. The maximum absolute atomic E-state index is 13.3. The van der Waals surface area contributed by atoms with Crippen LogP contribution in [0, 0.1) is 12.8 Å². The van der Waals surface area contributed by atoms with Gasteiger partial charge in [0.1, 0.15) is 0 Å². The minimum atomic E-state index is -3.54. The molecule has 1 unspecified atom stereocenters. The molecule has 5 rings (SSSR count). The molecule has 2 aromatic carbocycles. The van der Waals surface area contributed by atoms with Gasteiger partial charge in [0.25, 0.3) is 5.91 Å². The lowest BCUT2D eigenvalue weighted by molar-refractivity contribution is 0.0763. The van der Waals surface area contributed by atoms with Gasteiger partial charge >= 0.3 is 0 Å². The van der Waals surface area contributed by atoms with E-state index in [1.54, 1.807) is 39.5 Å². The SMILES string of the molecule is Cc1cc(C(=O)N2CCC3(C2)c2ccccc2S(=O)(=O)N3CC2CC2)ccc1Cl. The molecule has 1 saturated carbocycles. The smallest absolute Gasteiger partial charge is 0.253 e. The molecule has 2 fully saturated rings. The Morgan fingerprint density at radius 1 is 1.21 bits per heavy atom. The Kier molecular flexibility index (Phi) is 4.32. The molecule has 0 aromatic heterocycles. The molecule has 3 aliphatic rings. The van der Waals surface area contributed by atoms with Crippen molar-refractivity contribution in [3.8, 4) is 0 Å². The van der Waals surface area contributed by atoms with Crippen LogP contribution in [0.1, 0.15) is 40.7 Å². The van der Waals surface area contributed by atoms with Crippen molar-refractivity contribution in [1.82, 2.24) is 9.21 Å². The zero-order valence-electron chi connectivity index (χ0n) is 16.3. The van der Waals surface area contributed by atoms with Crippen molar-refractivity contribution in [3.63, 3.8) is 0 Å². The van der Waals surface area contributed by atoms with Gasteiger partial charge in [-0.2, -0.15) is 4.31 Å². The quantitative estimate of drug-likeness (QED) is 0.744. The summed E-state index contributed by atoms with van der Waals surface area (Å²) in [4.78, 5) is 15.4. The van der Waals surface area contributed by atoms with Gasteiger partial charge in [-0.3, -0.25) is 4.79 Å². The predicted octanol–water partition coefficient (Wildman–Crippen LogP) is 3.80. The van der Waals surface area contributed by atoms with Crippen LogP contribution in [0.25, 0.3) is 0 Å². The van der Waals surface area contributed by atoms with Crippen molar-refractivity contribution in [2.75, 3.05) is 19.6 Å². The molecule has 29 heavy (non-hydrogen) atoms. The van der Waals surface area contributed by atoms with Crippen LogP contribution < -0.4 is 0 Å². The minimum Gasteiger partial charge on any atom is -0.336 e. The van der Waals surface area contributed by atoms with Crippen LogP contribution in [-0.4, -0.2) is 43.2 Å². The second kappa shape index (κ2) is 6.56. The highest BCUT2D eigenvalue weighted by molar-refractivity contribution is 7.89. The number of amides is 1. The minimum absolute atomic E-state index is 0.0743. The van der Waals surface area contributed by atoms with Crippen molar-refractivity contribution >= 4 is 27.5 Å². The number of halogens is 1. The zero-order valence-corrected chi connectivity index (χ0v) is 17.8. The lowest BCUT2D eigenvalue weighted by Crippen LogP contribution is -2.47. The van der Waals surface area contributed by atoms with Crippen LogP contribution in [0.5, 0.6) is 0 Å². The van der Waals surface area contributed by atoms with Gasteiger partial charge in [0.05, 0.1) is 10.4 Å². The molecular formula is C22H23ClN2O3S. The standard InChI is InChI=1S/C22H23ClN2O3S/c1-15-12-17(8-9-19(15)23)21(26)24-11-10-22(14-24)18-4-2-3-5-20(18)29(27,28)25(22)13-16-6-7-16/h2-5,8-9,12,16H,6-7,10-11,13-14H2,1H3. The summed E-state index contributed by atoms with van der Waals surface area (Å²) in [7, 11) is -3.54. The fourth-order valence-electron chi connectivity index (χ4n) is 4.72. The topological polar surface area (TPSA) is 57.7 Å². The molecule has 5 nitrogen and oxygen atoms in total. The molecule has 2 heterocycles. The maximum atomic E-state index is 13.3. The second-order valence-corrected chi connectivity index (χ2v) is 10.7. The molecule has 1 amide bonds. The number of nitrogens with zero attached hydrogens (tertiary/aromatic N) is 2. The van der Waals surface area contributed by atoms with E-state index in [1.165, 1.54) is 0 Å². The lowest BCUT2D eigenvalue weighted by atomic mass is 9.88. The van der Waals surface area contributed by atoms with E-state index in [0.717, 1.165) is 24.0 Å². The van der Waals surface area contributed by atoms with E-state index in [1.807, 2.05) is 19.1 Å². The molecule has 1 aliphatic carbocycles. The van der Waals surface area contributed by atoms with Crippen LogP contribution in [0.3, 0.4) is 0 Å². The number of hydrogen-bond donors (Lipinski definition) is 0. The highest BCUT2D eigenvalue weighted by atomic mass is 35.5. The normalized spacial score (nSPS) is 25.5. The Balaban J connectivity index is 1.52. The molecule has 1 saturated heterocycles. The first-order valence-electron chi connectivity index (χ1n) is 10.0. The summed E-state index contributed by atoms with van der Waals surface area (Å²) in [6.45, 7) is 3.34. The molecule has 1 atom stereocenters. The fraction of sp³-hybridized carbons (Fsp3) is 0.409. The lowest BCUT2D eigenvalue weighted by Gasteiger charge is -2.34. The number of fused-ring (bicyclic) bond motifs is 2. The van der Waals surface area contributed by atoms with E-state index in [-0.39, 0.29) is 5.91 Å². The Morgan fingerprint density at radius 2 is 1.97 bits per heavy atom. The van der Waals surface area contributed by atoms with Crippen molar-refractivity contribution in [2.24, 2.45) is 5.92 Å². The van der Waals surface area contributed by atoms with E-state index in [2.05, 4.69) is 0 Å². The van der Waals surface area contributed by atoms with Crippen LogP contribution >= 0.6 is 11.6 Å². The number of hydrogen-bond acceptors (Lipinski definition) is 3. The first-order valence-corrected chi connectivity index (χ1v) is 11.8. The largest absolute Gasteiger partial charge is 0.336 e. The first kappa shape index (κ1) is 19.1. The van der Waals surface area contributed by atoms with Crippen LogP contribution in [0.2, 0.25) is 5.02 Å². The third kappa shape index (κ3) is 2.92. The van der Waals surface area contributed by atoms with E-state index in [4.69, 9.17) is 11.6 Å². The Labute approximate surface area is 176 Å². The van der Waals surface area contributed by atoms with E-state index >= 15 is 0 Å². The number of likely N-dealkylation sites (tertiary alicyclic amines) is 1. The van der Waals surface area contributed by atoms with Crippen molar-refractivity contribution in [1.29, 1.82) is 0 Å². The van der Waals surface area contributed by atoms with Gasteiger partial charge in [0.2, 0.25) is 10.0 Å². The second-order valence-electron chi connectivity index (χ2n) is 8.45. The van der Waals surface area contributed by atoms with Crippen LogP contribution in [0.4, 0.5) is 0 Å². The van der Waals surface area contributed by atoms with Gasteiger partial charge in [-0.25, -0.2) is 8.42 Å². The number of carbonyl (C=O) groups is 1. The van der Waals surface area contributed by atoms with E-state index in [9.17, 15) is 13.2 Å². The third-order valence-corrected chi connectivity index (χ3v) is 8.91. The average Bonchev–Trinajstić information content (AvgIpc) is 3.40. The summed E-state index contributed by atoms with van der Waals surface area (Å²) < 4.78 is 28.4. The van der Waals surface area contributed by atoms with Crippen LogP contribution in [-0.2, 0) is 15.6 Å². The summed E-state index contributed by atoms with van der Waals surface area (Å²) in [6.07, 6.45) is 2.77. The van der Waals surface area contributed by atoms with Gasteiger partial charge in [-0.15, -0.1) is 0 Å². The molecule has 152 valence electrons. The summed E-state index contributed by atoms with van der Waals surface area (Å²) in [5.74, 6) is 0.356. The molecule has 2 aromatic rings. The Morgan fingerprint density at radius 3 is 2.69 bits per heavy atom. The number of carbonyl (C=O) groups excluding carboxylic acids is 1. The summed E-state index contributed by atoms with van der Waals surface area (Å²) in [5.41, 5.74) is 1.63. The highest BCUT2D eigenvalue weighted by Gasteiger charge is 2.58. The van der Waals surface area contributed by atoms with Gasteiger partial charge < -0.3 is 4.90 Å². The summed E-state index contributed by atoms with van der Waals surface area (Å²) >= 11 is 6.11. The average molecular weight is 431 g/mol. The highest BCUT2D eigenvalue weighted by Crippen LogP contribution is 2.51. The predicted molar refractivity (Wildman–Crippen MR) is 111 cm³/mol. The molecule has 0 bridgehead atoms. The van der Waals surface area contributed by atoms with Crippen molar-refractivity contribution < 1.29 is 13.2 Å². The van der Waals surface area contributed by atoms with Gasteiger partial charge in [0.15, 0.2) is 0 Å². The molecule has 1 spiro atoms. The number of sulfonamides is 1. The summed E-state index contributed by atoms with van der Waals surface area (Å²) in [6, 6.07) is 12.6. The fourth-order valence-corrected chi connectivity index (χ4v) is 6.97. The molecule has 0 radical (unpaired) electrons. The summed E-state index contributed by atoms with van der Waals surface area (Å²) in [5, 5.41) is 0.630. The van der Waals surface area contributed by atoms with E-state index < -0.39 is 15.6 Å². The Bertz CT molecular complexity index is 1110. The monoisotopic (exact) mass is 430 g/mol. The molecule has 2 aliphatic heterocycles. The number of benzene rings is 2.